The Morgan fingerprint density at radius 1 is 1.22 bits per heavy atom. The van der Waals surface area contributed by atoms with Crippen LogP contribution in [0.4, 0.5) is 5.69 Å². The first-order valence-electron chi connectivity index (χ1n) is 8.55. The SMILES string of the molecule is CC(=O)NCC1CC(c2ccc(N3CCCCCC3)cc2)=NO1. The summed E-state index contributed by atoms with van der Waals surface area (Å²) in [7, 11) is 0. The van der Waals surface area contributed by atoms with E-state index in [0.717, 1.165) is 30.8 Å². The average molecular weight is 315 g/mol. The number of oxime groups is 1. The summed E-state index contributed by atoms with van der Waals surface area (Å²) in [6.07, 6.45) is 5.94. The van der Waals surface area contributed by atoms with Gasteiger partial charge in [0.25, 0.3) is 0 Å². The monoisotopic (exact) mass is 315 g/mol. The molecule has 2 aliphatic rings. The van der Waals surface area contributed by atoms with Crippen LogP contribution in [0.5, 0.6) is 0 Å². The summed E-state index contributed by atoms with van der Waals surface area (Å²) in [5.41, 5.74) is 3.36. The highest BCUT2D eigenvalue weighted by molar-refractivity contribution is 6.01. The largest absolute Gasteiger partial charge is 0.390 e. The van der Waals surface area contributed by atoms with E-state index >= 15 is 0 Å². The van der Waals surface area contributed by atoms with Gasteiger partial charge >= 0.3 is 0 Å². The molecular formula is C18H25N3O2. The van der Waals surface area contributed by atoms with Crippen molar-refractivity contribution in [3.05, 3.63) is 29.8 Å². The molecule has 1 N–H and O–H groups in total. The minimum absolute atomic E-state index is 0.0381. The summed E-state index contributed by atoms with van der Waals surface area (Å²) >= 11 is 0. The Morgan fingerprint density at radius 2 is 1.91 bits per heavy atom. The minimum atomic E-state index is -0.0563. The molecule has 3 rings (SSSR count). The molecule has 0 saturated carbocycles. The molecule has 0 aromatic heterocycles. The van der Waals surface area contributed by atoms with Crippen molar-refractivity contribution < 1.29 is 9.63 Å². The van der Waals surface area contributed by atoms with Crippen LogP contribution in [-0.4, -0.2) is 37.4 Å². The second kappa shape index (κ2) is 7.49. The summed E-state index contributed by atoms with van der Waals surface area (Å²) in [4.78, 5) is 18.8. The van der Waals surface area contributed by atoms with Gasteiger partial charge in [-0.1, -0.05) is 30.1 Å². The molecule has 1 atom stereocenters. The van der Waals surface area contributed by atoms with Crippen molar-refractivity contribution in [1.82, 2.24) is 5.32 Å². The second-order valence-electron chi connectivity index (χ2n) is 6.35. The van der Waals surface area contributed by atoms with Crippen molar-refractivity contribution in [2.75, 3.05) is 24.5 Å². The highest BCUT2D eigenvalue weighted by Crippen LogP contribution is 2.22. The Bertz CT molecular complexity index is 560. The number of carbonyl (C=O) groups is 1. The number of benzene rings is 1. The number of anilines is 1. The molecule has 1 amide bonds. The fraction of sp³-hybridized carbons (Fsp3) is 0.556. The lowest BCUT2D eigenvalue weighted by molar-refractivity contribution is -0.119. The van der Waals surface area contributed by atoms with E-state index in [1.165, 1.54) is 38.3 Å². The van der Waals surface area contributed by atoms with Gasteiger partial charge in [0.2, 0.25) is 5.91 Å². The number of rotatable bonds is 4. The third kappa shape index (κ3) is 4.24. The molecular weight excluding hydrogens is 290 g/mol. The highest BCUT2D eigenvalue weighted by atomic mass is 16.6. The van der Waals surface area contributed by atoms with Crippen LogP contribution in [-0.2, 0) is 9.63 Å². The van der Waals surface area contributed by atoms with E-state index in [0.29, 0.717) is 6.54 Å². The van der Waals surface area contributed by atoms with Gasteiger partial charge in [0, 0.05) is 32.1 Å². The van der Waals surface area contributed by atoms with Crippen LogP contribution >= 0.6 is 0 Å². The van der Waals surface area contributed by atoms with Crippen LogP contribution in [0.1, 0.15) is 44.6 Å². The minimum Gasteiger partial charge on any atom is -0.390 e. The molecule has 5 heteroatoms. The van der Waals surface area contributed by atoms with Gasteiger partial charge in [-0.15, -0.1) is 0 Å². The normalized spacial score (nSPS) is 21.3. The third-order valence-corrected chi connectivity index (χ3v) is 4.48. The first-order chi connectivity index (χ1) is 11.2. The molecule has 0 spiro atoms. The molecule has 23 heavy (non-hydrogen) atoms. The van der Waals surface area contributed by atoms with Gasteiger partial charge in [0.05, 0.1) is 12.3 Å². The fourth-order valence-corrected chi connectivity index (χ4v) is 3.16. The lowest BCUT2D eigenvalue weighted by Gasteiger charge is -2.22. The molecule has 0 bridgehead atoms. The molecule has 124 valence electrons. The van der Waals surface area contributed by atoms with Crippen molar-refractivity contribution in [2.24, 2.45) is 5.16 Å². The molecule has 5 nitrogen and oxygen atoms in total. The summed E-state index contributed by atoms with van der Waals surface area (Å²) in [6.45, 7) is 4.33. The maximum Gasteiger partial charge on any atom is 0.217 e. The fourth-order valence-electron chi connectivity index (χ4n) is 3.16. The Kier molecular flexibility index (Phi) is 5.16. The van der Waals surface area contributed by atoms with Gasteiger partial charge in [-0.05, 0) is 30.5 Å². The number of nitrogens with zero attached hydrogens (tertiary/aromatic N) is 2. The Morgan fingerprint density at radius 3 is 2.57 bits per heavy atom. The van der Waals surface area contributed by atoms with E-state index < -0.39 is 0 Å². The number of hydrogen-bond acceptors (Lipinski definition) is 4. The first kappa shape index (κ1) is 15.8. The molecule has 1 aromatic carbocycles. The quantitative estimate of drug-likeness (QED) is 0.929. The Labute approximate surface area is 137 Å². The van der Waals surface area contributed by atoms with E-state index in [-0.39, 0.29) is 12.0 Å². The topological polar surface area (TPSA) is 53.9 Å². The summed E-state index contributed by atoms with van der Waals surface area (Å²) in [5, 5.41) is 6.95. The van der Waals surface area contributed by atoms with Crippen molar-refractivity contribution >= 4 is 17.3 Å². The molecule has 1 saturated heterocycles. The molecule has 0 radical (unpaired) electrons. The molecule has 1 aromatic rings. The molecule has 2 aliphatic heterocycles. The molecule has 2 heterocycles. The predicted molar refractivity (Wildman–Crippen MR) is 91.8 cm³/mol. The van der Waals surface area contributed by atoms with E-state index in [1.807, 2.05) is 0 Å². The summed E-state index contributed by atoms with van der Waals surface area (Å²) in [6, 6.07) is 8.63. The average Bonchev–Trinajstić information content (AvgIpc) is 2.87. The van der Waals surface area contributed by atoms with Crippen molar-refractivity contribution in [3.8, 4) is 0 Å². The zero-order chi connectivity index (χ0) is 16.1. The van der Waals surface area contributed by atoms with Crippen molar-refractivity contribution in [3.63, 3.8) is 0 Å². The van der Waals surface area contributed by atoms with Gasteiger partial charge in [-0.3, -0.25) is 4.79 Å². The van der Waals surface area contributed by atoms with Crippen molar-refractivity contribution in [1.29, 1.82) is 0 Å². The van der Waals surface area contributed by atoms with E-state index in [9.17, 15) is 4.79 Å². The zero-order valence-corrected chi connectivity index (χ0v) is 13.8. The number of hydrogen-bond donors (Lipinski definition) is 1. The maximum absolute atomic E-state index is 11.0. The van der Waals surface area contributed by atoms with E-state index in [1.54, 1.807) is 0 Å². The van der Waals surface area contributed by atoms with Gasteiger partial charge in [-0.25, -0.2) is 0 Å². The van der Waals surface area contributed by atoms with Crippen molar-refractivity contribution in [2.45, 2.75) is 45.1 Å². The van der Waals surface area contributed by atoms with E-state index in [2.05, 4.69) is 39.6 Å². The smallest absolute Gasteiger partial charge is 0.217 e. The Hall–Kier alpha value is -2.04. The molecule has 0 aliphatic carbocycles. The predicted octanol–water partition coefficient (Wildman–Crippen LogP) is 2.70. The second-order valence-corrected chi connectivity index (χ2v) is 6.35. The molecule has 1 fully saturated rings. The third-order valence-electron chi connectivity index (χ3n) is 4.48. The lowest BCUT2D eigenvalue weighted by atomic mass is 10.0. The highest BCUT2D eigenvalue weighted by Gasteiger charge is 2.22. The summed E-state index contributed by atoms with van der Waals surface area (Å²) < 4.78 is 0. The van der Waals surface area contributed by atoms with Gasteiger partial charge in [0.15, 0.2) is 0 Å². The van der Waals surface area contributed by atoms with Gasteiger partial charge in [-0.2, -0.15) is 0 Å². The van der Waals surface area contributed by atoms with Gasteiger partial charge < -0.3 is 15.1 Å². The van der Waals surface area contributed by atoms with Crippen LogP contribution in [0.25, 0.3) is 0 Å². The number of carbonyl (C=O) groups excluding carboxylic acids is 1. The molecule has 1 unspecified atom stereocenters. The summed E-state index contributed by atoms with van der Waals surface area (Å²) in [5.74, 6) is -0.0381. The first-order valence-corrected chi connectivity index (χ1v) is 8.55. The number of nitrogens with one attached hydrogen (secondary N) is 1. The van der Waals surface area contributed by atoms with Crippen LogP contribution < -0.4 is 10.2 Å². The van der Waals surface area contributed by atoms with Crippen LogP contribution in [0.15, 0.2) is 29.4 Å². The Balaban J connectivity index is 1.58. The van der Waals surface area contributed by atoms with Crippen LogP contribution in [0, 0.1) is 0 Å². The maximum atomic E-state index is 11.0. The zero-order valence-electron chi connectivity index (χ0n) is 13.8. The van der Waals surface area contributed by atoms with Gasteiger partial charge in [0.1, 0.15) is 6.10 Å². The number of amides is 1. The van der Waals surface area contributed by atoms with Crippen LogP contribution in [0.3, 0.4) is 0 Å². The van der Waals surface area contributed by atoms with Crippen LogP contribution in [0.2, 0.25) is 0 Å². The lowest BCUT2D eigenvalue weighted by Crippen LogP contribution is -2.30. The van der Waals surface area contributed by atoms with E-state index in [4.69, 9.17) is 4.84 Å². The standard InChI is InChI=1S/C18H25N3O2/c1-14(22)19-13-17-12-18(20-23-17)15-6-8-16(9-7-15)21-10-4-2-3-5-11-21/h6-9,17H,2-5,10-13H2,1H3,(H,19,22).